The minimum Gasteiger partial charge on any atom is -0.298 e. The average Bonchev–Trinajstić information content (AvgIpc) is 3.45. The van der Waals surface area contributed by atoms with Crippen LogP contribution in [0, 0.1) is 0 Å². The Morgan fingerprint density at radius 3 is 2.58 bits per heavy atom. The van der Waals surface area contributed by atoms with Crippen molar-refractivity contribution in [2.45, 2.75) is 0 Å². The second kappa shape index (κ2) is 8.40. The number of hydrogen-bond acceptors (Lipinski definition) is 5. The lowest BCUT2D eigenvalue weighted by Crippen LogP contribution is -2.13. The average molecular weight is 482 g/mol. The number of carbonyl (C=O) groups excluding carboxylic acids is 1. The number of anilines is 1. The van der Waals surface area contributed by atoms with Crippen LogP contribution in [-0.4, -0.2) is 15.9 Å². The molecule has 0 bridgehead atoms. The van der Waals surface area contributed by atoms with Gasteiger partial charge in [-0.25, -0.2) is 9.97 Å². The normalized spacial score (nSPS) is 11.0. The summed E-state index contributed by atoms with van der Waals surface area (Å²) in [6.45, 7) is 0. The lowest BCUT2D eigenvalue weighted by Gasteiger charge is -2.08. The van der Waals surface area contributed by atoms with Crippen molar-refractivity contribution in [1.82, 2.24) is 9.97 Å². The lowest BCUT2D eigenvalue weighted by molar-refractivity contribution is 0.102. The third kappa shape index (κ3) is 4.07. The Balaban J connectivity index is 1.49. The van der Waals surface area contributed by atoms with E-state index in [2.05, 4.69) is 10.3 Å². The number of thiophene rings is 1. The third-order valence-corrected chi connectivity index (χ3v) is 6.86. The maximum atomic E-state index is 13.2. The second-order valence-corrected chi connectivity index (χ2v) is 9.32. The van der Waals surface area contributed by atoms with Crippen LogP contribution in [0.1, 0.15) is 10.4 Å². The van der Waals surface area contributed by atoms with Gasteiger partial charge in [0.05, 0.1) is 32.4 Å². The molecule has 0 aliphatic carbocycles. The molecule has 1 amide bonds. The minimum absolute atomic E-state index is 0.237. The summed E-state index contributed by atoms with van der Waals surface area (Å²) >= 11 is 15.2. The predicted octanol–water partition coefficient (Wildman–Crippen LogP) is 7.65. The number of aromatic nitrogens is 2. The number of fused-ring (bicyclic) bond motifs is 1. The van der Waals surface area contributed by atoms with Gasteiger partial charge in [0.2, 0.25) is 0 Å². The summed E-state index contributed by atoms with van der Waals surface area (Å²) < 4.78 is 0. The first-order valence-corrected chi connectivity index (χ1v) is 11.8. The van der Waals surface area contributed by atoms with Crippen molar-refractivity contribution in [2.24, 2.45) is 0 Å². The van der Waals surface area contributed by atoms with Gasteiger partial charge in [-0.05, 0) is 41.8 Å². The van der Waals surface area contributed by atoms with Gasteiger partial charge in [0.1, 0.15) is 0 Å². The van der Waals surface area contributed by atoms with Crippen LogP contribution in [0.4, 0.5) is 5.13 Å². The Morgan fingerprint density at radius 2 is 1.77 bits per heavy atom. The van der Waals surface area contributed by atoms with Gasteiger partial charge in [-0.2, -0.15) is 0 Å². The zero-order valence-electron chi connectivity index (χ0n) is 15.8. The first-order chi connectivity index (χ1) is 15.1. The number of para-hydroxylation sites is 1. The largest absolute Gasteiger partial charge is 0.298 e. The van der Waals surface area contributed by atoms with Crippen LogP contribution >= 0.6 is 45.9 Å². The molecule has 1 N–H and O–H groups in total. The topological polar surface area (TPSA) is 54.9 Å². The molecule has 0 unspecified atom stereocenters. The molecule has 152 valence electrons. The highest BCUT2D eigenvalue weighted by Gasteiger charge is 2.16. The minimum atomic E-state index is -0.237. The number of hydrogen-bond donors (Lipinski definition) is 1. The van der Waals surface area contributed by atoms with Crippen molar-refractivity contribution >= 4 is 67.8 Å². The van der Waals surface area contributed by atoms with E-state index in [-0.39, 0.29) is 5.91 Å². The molecule has 3 heterocycles. The van der Waals surface area contributed by atoms with Crippen molar-refractivity contribution in [3.8, 4) is 21.8 Å². The predicted molar refractivity (Wildman–Crippen MR) is 131 cm³/mol. The van der Waals surface area contributed by atoms with Gasteiger partial charge in [0, 0.05) is 21.4 Å². The van der Waals surface area contributed by atoms with Crippen LogP contribution in [-0.2, 0) is 0 Å². The van der Waals surface area contributed by atoms with Crippen LogP contribution in [0.3, 0.4) is 0 Å². The Bertz CT molecular complexity index is 1410. The summed E-state index contributed by atoms with van der Waals surface area (Å²) in [6, 6.07) is 18.7. The Morgan fingerprint density at radius 1 is 0.903 bits per heavy atom. The van der Waals surface area contributed by atoms with E-state index in [0.717, 1.165) is 27.0 Å². The van der Waals surface area contributed by atoms with E-state index in [1.165, 1.54) is 11.3 Å². The van der Waals surface area contributed by atoms with Crippen molar-refractivity contribution in [3.05, 3.63) is 87.0 Å². The highest BCUT2D eigenvalue weighted by atomic mass is 35.5. The van der Waals surface area contributed by atoms with Crippen LogP contribution in [0.2, 0.25) is 10.0 Å². The molecule has 2 aromatic carbocycles. The highest BCUT2D eigenvalue weighted by molar-refractivity contribution is 7.14. The summed E-state index contributed by atoms with van der Waals surface area (Å²) in [5.74, 6) is -0.237. The summed E-state index contributed by atoms with van der Waals surface area (Å²) in [4.78, 5) is 23.5. The molecule has 5 rings (SSSR count). The van der Waals surface area contributed by atoms with Crippen molar-refractivity contribution in [2.75, 3.05) is 5.32 Å². The molecular weight excluding hydrogens is 469 g/mol. The molecule has 0 radical (unpaired) electrons. The number of nitrogens with zero attached hydrogens (tertiary/aromatic N) is 2. The van der Waals surface area contributed by atoms with Gasteiger partial charge in [-0.1, -0.05) is 47.5 Å². The van der Waals surface area contributed by atoms with E-state index in [1.807, 2.05) is 59.3 Å². The van der Waals surface area contributed by atoms with E-state index >= 15 is 0 Å². The maximum absolute atomic E-state index is 13.2. The molecule has 0 spiro atoms. The number of amides is 1. The van der Waals surface area contributed by atoms with E-state index in [0.29, 0.717) is 26.4 Å². The number of pyridine rings is 1. The molecule has 8 heteroatoms. The third-order valence-electron chi connectivity index (χ3n) is 4.67. The van der Waals surface area contributed by atoms with Crippen molar-refractivity contribution in [3.63, 3.8) is 0 Å². The van der Waals surface area contributed by atoms with Crippen LogP contribution in [0.15, 0.2) is 71.4 Å². The molecule has 31 heavy (non-hydrogen) atoms. The first kappa shape index (κ1) is 20.2. The monoisotopic (exact) mass is 481 g/mol. The van der Waals surface area contributed by atoms with Crippen molar-refractivity contribution < 1.29 is 4.79 Å². The van der Waals surface area contributed by atoms with Crippen LogP contribution in [0.25, 0.3) is 32.7 Å². The molecule has 0 saturated carbocycles. The molecule has 0 fully saturated rings. The van der Waals surface area contributed by atoms with E-state index in [1.54, 1.807) is 23.5 Å². The summed E-state index contributed by atoms with van der Waals surface area (Å²) in [6.07, 6.45) is 0. The molecule has 0 saturated heterocycles. The number of carbonyl (C=O) groups is 1. The molecule has 4 nitrogen and oxygen atoms in total. The highest BCUT2D eigenvalue weighted by Crippen LogP contribution is 2.33. The summed E-state index contributed by atoms with van der Waals surface area (Å²) in [5.41, 5.74) is 3.53. The number of nitrogens with one attached hydrogen (secondary N) is 1. The SMILES string of the molecule is O=C(Nc1nc(-c2ccc(Cl)cc2Cl)cs1)c1cc(-c2cccs2)nc2ccccc12. The number of benzene rings is 2. The fourth-order valence-electron chi connectivity index (χ4n) is 3.23. The fraction of sp³-hybridized carbons (Fsp3) is 0. The quantitative estimate of drug-likeness (QED) is 0.286. The van der Waals surface area contributed by atoms with Crippen LogP contribution in [0.5, 0.6) is 0 Å². The molecule has 5 aromatic rings. The zero-order valence-corrected chi connectivity index (χ0v) is 18.9. The molecule has 3 aromatic heterocycles. The Hall–Kier alpha value is -2.77. The van der Waals surface area contributed by atoms with E-state index in [9.17, 15) is 4.79 Å². The fourth-order valence-corrected chi connectivity index (χ4v) is 5.13. The zero-order chi connectivity index (χ0) is 21.4. The summed E-state index contributed by atoms with van der Waals surface area (Å²) in [7, 11) is 0. The molecule has 0 atom stereocenters. The van der Waals surface area contributed by atoms with Crippen LogP contribution < -0.4 is 5.32 Å². The number of rotatable bonds is 4. The van der Waals surface area contributed by atoms with Gasteiger partial charge in [-0.15, -0.1) is 22.7 Å². The number of thiazole rings is 1. The van der Waals surface area contributed by atoms with Gasteiger partial charge >= 0.3 is 0 Å². The Labute approximate surface area is 196 Å². The first-order valence-electron chi connectivity index (χ1n) is 9.24. The van der Waals surface area contributed by atoms with E-state index < -0.39 is 0 Å². The maximum Gasteiger partial charge on any atom is 0.258 e. The molecular formula is C23H13Cl2N3OS2. The van der Waals surface area contributed by atoms with Gasteiger partial charge in [0.15, 0.2) is 5.13 Å². The lowest BCUT2D eigenvalue weighted by atomic mass is 10.1. The smallest absolute Gasteiger partial charge is 0.258 e. The molecule has 0 aliphatic heterocycles. The van der Waals surface area contributed by atoms with Gasteiger partial charge < -0.3 is 0 Å². The second-order valence-electron chi connectivity index (χ2n) is 6.67. The molecule has 0 aliphatic rings. The van der Waals surface area contributed by atoms with E-state index in [4.69, 9.17) is 28.2 Å². The van der Waals surface area contributed by atoms with Gasteiger partial charge in [-0.3, -0.25) is 10.1 Å². The summed E-state index contributed by atoms with van der Waals surface area (Å²) in [5, 5.41) is 9.11. The number of halogens is 2. The Kier molecular flexibility index (Phi) is 5.46. The van der Waals surface area contributed by atoms with Gasteiger partial charge in [0.25, 0.3) is 5.91 Å². The van der Waals surface area contributed by atoms with Crippen molar-refractivity contribution in [1.29, 1.82) is 0 Å². The standard InChI is InChI=1S/C23H13Cl2N3OS2/c24-13-7-8-15(17(25)10-13)20-12-31-23(27-20)28-22(29)16-11-19(21-6-3-9-30-21)26-18-5-2-1-4-14(16)18/h1-12H,(H,27,28,29).